The number of carbonyl (C=O) groups is 1. The second kappa shape index (κ2) is 2.34. The number of nitrogens with two attached hydrogens (primary N) is 1. The Balaban J connectivity index is 2.18. The number of carbonyl (C=O) groups excluding carboxylic acids is 1. The van der Waals surface area contributed by atoms with E-state index in [0.29, 0.717) is 11.5 Å². The van der Waals surface area contributed by atoms with Crippen LogP contribution in [0.2, 0.25) is 0 Å². The molecule has 1 fully saturated rings. The summed E-state index contributed by atoms with van der Waals surface area (Å²) in [6, 6.07) is -0.472. The summed E-state index contributed by atoms with van der Waals surface area (Å²) in [4.78, 5) is 10.1. The van der Waals surface area contributed by atoms with Crippen LogP contribution in [0.1, 0.15) is 0 Å². The molecule has 0 unspecified atom stereocenters. The number of urea groups is 1. The zero-order valence-corrected chi connectivity index (χ0v) is 5.61. The van der Waals surface area contributed by atoms with Crippen molar-refractivity contribution >= 4 is 16.8 Å². The highest BCUT2D eigenvalue weighted by Gasteiger charge is 2.25. The summed E-state index contributed by atoms with van der Waals surface area (Å²) in [7, 11) is -0.709. The molecule has 0 aromatic heterocycles. The second-order valence-electron chi connectivity index (χ2n) is 1.98. The van der Waals surface area contributed by atoms with Crippen LogP contribution < -0.4 is 11.1 Å². The van der Waals surface area contributed by atoms with Crippen LogP contribution >= 0.6 is 0 Å². The van der Waals surface area contributed by atoms with Gasteiger partial charge in [0.2, 0.25) is 0 Å². The molecule has 1 saturated heterocycles. The van der Waals surface area contributed by atoms with Gasteiger partial charge < -0.3 is 11.1 Å². The van der Waals surface area contributed by atoms with Crippen molar-refractivity contribution in [3.63, 3.8) is 0 Å². The van der Waals surface area contributed by atoms with Gasteiger partial charge in [0.05, 0.1) is 6.04 Å². The second-order valence-corrected chi connectivity index (χ2v) is 3.52. The largest absolute Gasteiger partial charge is 0.352 e. The molecule has 0 spiro atoms. The van der Waals surface area contributed by atoms with Gasteiger partial charge in [-0.1, -0.05) is 0 Å². The molecule has 1 heterocycles. The van der Waals surface area contributed by atoms with Crippen LogP contribution in [0.3, 0.4) is 0 Å². The molecule has 0 aliphatic carbocycles. The maximum atomic E-state index is 10.4. The first-order valence-corrected chi connectivity index (χ1v) is 4.08. The van der Waals surface area contributed by atoms with Crippen molar-refractivity contribution in [1.29, 1.82) is 0 Å². The lowest BCUT2D eigenvalue weighted by molar-refractivity contribution is 0.246. The molecule has 2 amide bonds. The molecule has 0 radical (unpaired) electrons. The van der Waals surface area contributed by atoms with Crippen LogP contribution in [-0.4, -0.2) is 27.8 Å². The molecule has 5 heteroatoms. The van der Waals surface area contributed by atoms with Gasteiger partial charge in [-0.05, 0) is 0 Å². The molecule has 1 aliphatic heterocycles. The molecule has 0 aromatic carbocycles. The third-order valence-electron chi connectivity index (χ3n) is 1.12. The summed E-state index contributed by atoms with van der Waals surface area (Å²) in [5.74, 6) is 1.12. The lowest BCUT2D eigenvalue weighted by Gasteiger charge is -2.24. The number of rotatable bonds is 1. The van der Waals surface area contributed by atoms with E-state index < -0.39 is 16.8 Å². The lowest BCUT2D eigenvalue weighted by Crippen LogP contribution is -2.51. The first-order chi connectivity index (χ1) is 4.18. The molecule has 0 saturated carbocycles. The fourth-order valence-corrected chi connectivity index (χ4v) is 1.65. The van der Waals surface area contributed by atoms with Crippen molar-refractivity contribution in [3.05, 3.63) is 0 Å². The zero-order chi connectivity index (χ0) is 6.85. The van der Waals surface area contributed by atoms with Gasteiger partial charge in [-0.25, -0.2) is 4.79 Å². The molecule has 4 nitrogen and oxygen atoms in total. The van der Waals surface area contributed by atoms with Gasteiger partial charge in [0, 0.05) is 22.3 Å². The van der Waals surface area contributed by atoms with Crippen LogP contribution in [0.25, 0.3) is 0 Å². The van der Waals surface area contributed by atoms with Crippen LogP contribution in [0.15, 0.2) is 0 Å². The van der Waals surface area contributed by atoms with Gasteiger partial charge in [-0.3, -0.25) is 4.21 Å². The standard InChI is InChI=1S/C4H8N2O2S/c5-4(7)6-3-1-9(8)2-3/h3H,1-2H2,(H3,5,6,7). The maximum Gasteiger partial charge on any atom is 0.312 e. The average Bonchev–Trinajstić information content (AvgIpc) is 1.60. The van der Waals surface area contributed by atoms with Crippen LogP contribution in [0, 0.1) is 0 Å². The normalized spacial score (nSPS) is 32.9. The van der Waals surface area contributed by atoms with Crippen LogP contribution in [-0.2, 0) is 10.8 Å². The Kier molecular flexibility index (Phi) is 1.70. The number of nitrogens with one attached hydrogen (secondary N) is 1. The predicted molar refractivity (Wildman–Crippen MR) is 34.4 cm³/mol. The number of amides is 2. The van der Waals surface area contributed by atoms with Crippen molar-refractivity contribution in [2.24, 2.45) is 5.73 Å². The quantitative estimate of drug-likeness (QED) is 0.489. The molecule has 3 N–H and O–H groups in total. The first-order valence-electron chi connectivity index (χ1n) is 2.59. The van der Waals surface area contributed by atoms with Crippen LogP contribution in [0.5, 0.6) is 0 Å². The smallest absolute Gasteiger partial charge is 0.312 e. The average molecular weight is 148 g/mol. The minimum absolute atomic E-state index is 0.0586. The van der Waals surface area contributed by atoms with Crippen molar-refractivity contribution in [3.8, 4) is 0 Å². The highest BCUT2D eigenvalue weighted by Crippen LogP contribution is 2.03. The highest BCUT2D eigenvalue weighted by molar-refractivity contribution is 7.86. The Morgan fingerprint density at radius 2 is 2.22 bits per heavy atom. The summed E-state index contributed by atoms with van der Waals surface area (Å²) in [5.41, 5.74) is 4.80. The van der Waals surface area contributed by atoms with E-state index in [1.807, 2.05) is 0 Å². The number of hydrogen-bond acceptors (Lipinski definition) is 2. The number of primary amides is 1. The van der Waals surface area contributed by atoms with Gasteiger partial charge in [0.15, 0.2) is 0 Å². The Morgan fingerprint density at radius 1 is 1.67 bits per heavy atom. The lowest BCUT2D eigenvalue weighted by atomic mass is 10.4. The van der Waals surface area contributed by atoms with E-state index in [2.05, 4.69) is 5.32 Å². The summed E-state index contributed by atoms with van der Waals surface area (Å²) in [6.07, 6.45) is 0. The molecule has 0 atom stereocenters. The van der Waals surface area contributed by atoms with Crippen molar-refractivity contribution in [1.82, 2.24) is 5.32 Å². The zero-order valence-electron chi connectivity index (χ0n) is 4.79. The molecule has 9 heavy (non-hydrogen) atoms. The molecule has 1 aliphatic rings. The van der Waals surface area contributed by atoms with Crippen molar-refractivity contribution < 1.29 is 9.00 Å². The third-order valence-corrected chi connectivity index (χ3v) is 2.67. The van der Waals surface area contributed by atoms with Gasteiger partial charge in [-0.2, -0.15) is 0 Å². The maximum absolute atomic E-state index is 10.4. The van der Waals surface area contributed by atoms with Crippen molar-refractivity contribution in [2.75, 3.05) is 11.5 Å². The molecular weight excluding hydrogens is 140 g/mol. The Bertz CT molecular complexity index is 151. The molecule has 0 bridgehead atoms. The summed E-state index contributed by atoms with van der Waals surface area (Å²) in [5, 5.41) is 2.46. The van der Waals surface area contributed by atoms with Gasteiger partial charge >= 0.3 is 6.03 Å². The summed E-state index contributed by atoms with van der Waals surface area (Å²) < 4.78 is 10.4. The van der Waals surface area contributed by atoms with E-state index in [1.54, 1.807) is 0 Å². The topological polar surface area (TPSA) is 72.2 Å². The minimum Gasteiger partial charge on any atom is -0.352 e. The van der Waals surface area contributed by atoms with E-state index in [4.69, 9.17) is 5.73 Å². The molecule has 0 aromatic rings. The van der Waals surface area contributed by atoms with Gasteiger partial charge in [0.25, 0.3) is 0 Å². The van der Waals surface area contributed by atoms with E-state index in [1.165, 1.54) is 0 Å². The van der Waals surface area contributed by atoms with Gasteiger partial charge in [-0.15, -0.1) is 0 Å². The fourth-order valence-electron chi connectivity index (χ4n) is 0.684. The van der Waals surface area contributed by atoms with Gasteiger partial charge in [0.1, 0.15) is 0 Å². The third kappa shape index (κ3) is 1.67. The van der Waals surface area contributed by atoms with E-state index in [-0.39, 0.29) is 6.04 Å². The Morgan fingerprint density at radius 3 is 2.56 bits per heavy atom. The molecule has 1 rings (SSSR count). The SMILES string of the molecule is NC(=O)NC1CS(=O)C1. The predicted octanol–water partition coefficient (Wildman–Crippen LogP) is -1.21. The van der Waals surface area contributed by atoms with E-state index in [9.17, 15) is 9.00 Å². The molecular formula is C4H8N2O2S. The minimum atomic E-state index is -0.709. The fraction of sp³-hybridized carbons (Fsp3) is 0.750. The van der Waals surface area contributed by atoms with Crippen molar-refractivity contribution in [2.45, 2.75) is 6.04 Å². The Hall–Kier alpha value is -0.580. The highest BCUT2D eigenvalue weighted by atomic mass is 32.2. The van der Waals surface area contributed by atoms with E-state index in [0.717, 1.165) is 0 Å². The summed E-state index contributed by atoms with van der Waals surface area (Å²) in [6.45, 7) is 0. The van der Waals surface area contributed by atoms with Crippen LogP contribution in [0.4, 0.5) is 4.79 Å². The summed E-state index contributed by atoms with van der Waals surface area (Å²) >= 11 is 0. The number of hydrogen-bond donors (Lipinski definition) is 2. The van der Waals surface area contributed by atoms with E-state index >= 15 is 0 Å². The molecule has 52 valence electrons. The first kappa shape index (κ1) is 6.54. The monoisotopic (exact) mass is 148 g/mol. The Labute approximate surface area is 55.3 Å².